The van der Waals surface area contributed by atoms with Gasteiger partial charge in [-0.3, -0.25) is 19.7 Å². The van der Waals surface area contributed by atoms with Gasteiger partial charge in [-0.05, 0) is 23.6 Å². The highest BCUT2D eigenvalue weighted by molar-refractivity contribution is 6.05. The van der Waals surface area contributed by atoms with Crippen molar-refractivity contribution in [3.05, 3.63) is 58.9 Å². The molecule has 10 nitrogen and oxygen atoms in total. The first kappa shape index (κ1) is 24.2. The zero-order valence-electron chi connectivity index (χ0n) is 20.5. The zero-order chi connectivity index (χ0) is 26.4. The highest BCUT2D eigenvalue weighted by Crippen LogP contribution is 2.45. The average Bonchev–Trinajstić information content (AvgIpc) is 3.24. The van der Waals surface area contributed by atoms with E-state index in [-0.39, 0.29) is 55.6 Å². The van der Waals surface area contributed by atoms with Crippen LogP contribution in [0.2, 0.25) is 0 Å². The van der Waals surface area contributed by atoms with Gasteiger partial charge in [0.1, 0.15) is 24.9 Å². The van der Waals surface area contributed by atoms with E-state index in [2.05, 4.69) is 5.32 Å². The van der Waals surface area contributed by atoms with Crippen LogP contribution in [0.25, 0.3) is 0 Å². The molecular weight excluding hydrogens is 497 g/mol. The Hall–Kier alpha value is -4.15. The second kappa shape index (κ2) is 9.30. The van der Waals surface area contributed by atoms with Crippen LogP contribution in [0.3, 0.4) is 0 Å². The lowest BCUT2D eigenvalue weighted by atomic mass is 9.91. The number of piperidine rings is 2. The summed E-state index contributed by atoms with van der Waals surface area (Å²) in [5, 5.41) is 2.24. The minimum Gasteiger partial charge on any atom is -0.483 e. The highest BCUT2D eigenvalue weighted by Gasteiger charge is 2.46. The quantitative estimate of drug-likeness (QED) is 0.615. The van der Waals surface area contributed by atoms with E-state index >= 15 is 4.39 Å². The van der Waals surface area contributed by atoms with E-state index < -0.39 is 35.4 Å². The minimum atomic E-state index is -0.844. The van der Waals surface area contributed by atoms with Gasteiger partial charge < -0.3 is 24.0 Å². The Balaban J connectivity index is 1.13. The monoisotopic (exact) mass is 523 g/mol. The molecule has 4 aliphatic heterocycles. The largest absolute Gasteiger partial charge is 0.483 e. The molecule has 4 aliphatic rings. The molecule has 2 fully saturated rings. The molecule has 2 aromatic carbocycles. The van der Waals surface area contributed by atoms with Crippen LogP contribution < -0.4 is 14.8 Å². The Morgan fingerprint density at radius 3 is 2.66 bits per heavy atom. The highest BCUT2D eigenvalue weighted by atomic mass is 19.1. The number of imide groups is 1. The molecule has 0 aliphatic carbocycles. The molecule has 38 heavy (non-hydrogen) atoms. The van der Waals surface area contributed by atoms with Gasteiger partial charge in [0, 0.05) is 38.9 Å². The molecule has 0 saturated carbocycles. The summed E-state index contributed by atoms with van der Waals surface area (Å²) in [6, 6.07) is 10.2. The van der Waals surface area contributed by atoms with Gasteiger partial charge in [-0.15, -0.1) is 0 Å². The average molecular weight is 524 g/mol. The summed E-state index contributed by atoms with van der Waals surface area (Å²) < 4.78 is 33.0. The van der Waals surface area contributed by atoms with E-state index in [1.54, 1.807) is 11.0 Å². The van der Waals surface area contributed by atoms with Crippen LogP contribution in [0.1, 0.15) is 47.2 Å². The molecule has 1 spiro atoms. The summed E-state index contributed by atoms with van der Waals surface area (Å²) in [6.45, 7) is 1.08. The van der Waals surface area contributed by atoms with E-state index in [1.807, 2.05) is 30.3 Å². The molecule has 1 N–H and O–H groups in total. The summed E-state index contributed by atoms with van der Waals surface area (Å²) in [7, 11) is 0. The maximum absolute atomic E-state index is 15.5. The lowest BCUT2D eigenvalue weighted by Crippen LogP contribution is -2.54. The Bertz CT molecular complexity index is 1320. The number of carbonyl (C=O) groups excluding carboxylic acids is 4. The number of halogens is 1. The molecular formula is C27H26FN3O7. The number of hydrogen-bond acceptors (Lipinski definition) is 7. The van der Waals surface area contributed by atoms with Crippen LogP contribution in [0.4, 0.5) is 9.18 Å². The topological polar surface area (TPSA) is 114 Å². The summed E-state index contributed by atoms with van der Waals surface area (Å²) >= 11 is 0. The van der Waals surface area contributed by atoms with Crippen LogP contribution in [0.5, 0.6) is 11.5 Å². The van der Waals surface area contributed by atoms with Gasteiger partial charge in [0.2, 0.25) is 11.8 Å². The number of nitrogens with zero attached hydrogens (tertiary/aromatic N) is 2. The Kier molecular flexibility index (Phi) is 5.93. The molecule has 4 heterocycles. The van der Waals surface area contributed by atoms with Crippen molar-refractivity contribution in [2.45, 2.75) is 50.5 Å². The molecule has 0 unspecified atom stereocenters. The molecule has 11 heteroatoms. The number of amides is 4. The number of carbonyl (C=O) groups is 4. The first-order valence-electron chi connectivity index (χ1n) is 12.6. The molecule has 0 bridgehead atoms. The first-order valence-corrected chi connectivity index (χ1v) is 12.6. The standard InChI is InChI=1S/C27H26FN3O7/c28-22-21-17(13-31(25(21)34)18-6-7-20(32)29-24(18)33)12-19-23(22)37-15-27(38-19)8-10-30(11-9-27)26(35)36-14-16-4-2-1-3-5-16/h1-5,12,18H,6-11,13-15H2,(H,29,32,33)/t18-/m0/s1. The third-order valence-corrected chi connectivity index (χ3v) is 7.61. The van der Waals surface area contributed by atoms with Gasteiger partial charge in [0.15, 0.2) is 17.3 Å². The van der Waals surface area contributed by atoms with Crippen molar-refractivity contribution in [3.8, 4) is 11.5 Å². The molecule has 198 valence electrons. The van der Waals surface area contributed by atoms with Gasteiger partial charge in [-0.2, -0.15) is 0 Å². The van der Waals surface area contributed by atoms with E-state index in [1.165, 1.54) is 4.90 Å². The minimum absolute atomic E-state index is 0.0298. The fourth-order valence-electron chi connectivity index (χ4n) is 5.48. The second-order valence-electron chi connectivity index (χ2n) is 10.1. The Labute approximate surface area is 217 Å². The van der Waals surface area contributed by atoms with Crippen LogP contribution >= 0.6 is 0 Å². The SMILES string of the molecule is O=C1CC[C@H](N2Cc3cc4c(c(F)c3C2=O)OCC2(CCN(C(=O)OCc3ccccc3)CC2)O4)C(=O)N1. The number of fused-ring (bicyclic) bond motifs is 2. The molecule has 0 aromatic heterocycles. The van der Waals surface area contributed by atoms with E-state index in [0.29, 0.717) is 31.5 Å². The van der Waals surface area contributed by atoms with E-state index in [9.17, 15) is 19.2 Å². The first-order chi connectivity index (χ1) is 18.3. The van der Waals surface area contributed by atoms with Crippen molar-refractivity contribution in [2.75, 3.05) is 19.7 Å². The fraction of sp³-hybridized carbons (Fsp3) is 0.407. The predicted octanol–water partition coefficient (Wildman–Crippen LogP) is 2.53. The molecule has 4 amide bonds. The normalized spacial score (nSPS) is 21.8. The van der Waals surface area contributed by atoms with Crippen molar-refractivity contribution < 1.29 is 37.8 Å². The van der Waals surface area contributed by atoms with Gasteiger partial charge >= 0.3 is 6.09 Å². The van der Waals surface area contributed by atoms with Gasteiger partial charge in [-0.25, -0.2) is 9.18 Å². The van der Waals surface area contributed by atoms with Crippen LogP contribution in [-0.2, 0) is 27.5 Å². The molecule has 2 saturated heterocycles. The second-order valence-corrected chi connectivity index (χ2v) is 10.1. The fourth-order valence-corrected chi connectivity index (χ4v) is 5.48. The zero-order valence-corrected chi connectivity index (χ0v) is 20.5. The molecule has 1 atom stereocenters. The number of rotatable bonds is 3. The lowest BCUT2D eigenvalue weighted by molar-refractivity contribution is -0.136. The van der Waals surface area contributed by atoms with E-state index in [0.717, 1.165) is 5.56 Å². The number of benzene rings is 2. The van der Waals surface area contributed by atoms with Gasteiger partial charge in [0.05, 0.1) is 5.56 Å². The maximum Gasteiger partial charge on any atom is 0.410 e. The molecule has 0 radical (unpaired) electrons. The Morgan fingerprint density at radius 2 is 1.92 bits per heavy atom. The van der Waals surface area contributed by atoms with Gasteiger partial charge in [0.25, 0.3) is 5.91 Å². The third-order valence-electron chi connectivity index (χ3n) is 7.61. The maximum atomic E-state index is 15.5. The number of hydrogen-bond donors (Lipinski definition) is 1. The summed E-state index contributed by atoms with van der Waals surface area (Å²) in [4.78, 5) is 52.3. The number of nitrogens with one attached hydrogen (secondary N) is 1. The number of likely N-dealkylation sites (tertiary alicyclic amines) is 1. The van der Waals surface area contributed by atoms with Crippen molar-refractivity contribution in [2.24, 2.45) is 0 Å². The third kappa shape index (κ3) is 4.21. The Morgan fingerprint density at radius 1 is 1.16 bits per heavy atom. The van der Waals surface area contributed by atoms with Crippen LogP contribution in [0.15, 0.2) is 36.4 Å². The lowest BCUT2D eigenvalue weighted by Gasteiger charge is -2.43. The van der Waals surface area contributed by atoms with Crippen molar-refractivity contribution >= 4 is 23.8 Å². The van der Waals surface area contributed by atoms with E-state index in [4.69, 9.17) is 14.2 Å². The number of ether oxygens (including phenoxy) is 3. The van der Waals surface area contributed by atoms with Gasteiger partial charge in [-0.1, -0.05) is 30.3 Å². The van der Waals surface area contributed by atoms with Crippen molar-refractivity contribution in [1.29, 1.82) is 0 Å². The van der Waals surface area contributed by atoms with Crippen LogP contribution in [-0.4, -0.2) is 65.0 Å². The predicted molar refractivity (Wildman–Crippen MR) is 129 cm³/mol. The smallest absolute Gasteiger partial charge is 0.410 e. The summed E-state index contributed by atoms with van der Waals surface area (Å²) in [5.41, 5.74) is 0.428. The summed E-state index contributed by atoms with van der Waals surface area (Å²) in [6.07, 6.45) is 0.823. The van der Waals surface area contributed by atoms with Crippen molar-refractivity contribution in [1.82, 2.24) is 15.1 Å². The summed E-state index contributed by atoms with van der Waals surface area (Å²) in [5.74, 6) is -2.30. The molecule has 6 rings (SSSR count). The van der Waals surface area contributed by atoms with Crippen molar-refractivity contribution in [3.63, 3.8) is 0 Å². The molecule has 2 aromatic rings. The van der Waals surface area contributed by atoms with Crippen LogP contribution in [0, 0.1) is 5.82 Å².